The van der Waals surface area contributed by atoms with Gasteiger partial charge in [0, 0.05) is 31.5 Å². The third kappa shape index (κ3) is 3.48. The molecule has 25 heavy (non-hydrogen) atoms. The van der Waals surface area contributed by atoms with Crippen molar-refractivity contribution in [1.29, 1.82) is 0 Å². The predicted octanol–water partition coefficient (Wildman–Crippen LogP) is 3.32. The van der Waals surface area contributed by atoms with Crippen LogP contribution in [0.3, 0.4) is 0 Å². The number of carbonyl (C=O) groups is 2. The summed E-state index contributed by atoms with van der Waals surface area (Å²) >= 11 is 0. The van der Waals surface area contributed by atoms with E-state index < -0.39 is 0 Å². The number of benzene rings is 1. The Labute approximate surface area is 147 Å². The first-order valence-electron chi connectivity index (χ1n) is 8.76. The molecule has 0 radical (unpaired) electrons. The number of carbonyl (C=O) groups excluding carboxylic acids is 2. The number of urea groups is 1. The van der Waals surface area contributed by atoms with E-state index in [2.05, 4.69) is 29.1 Å². The first-order chi connectivity index (χ1) is 12.0. The van der Waals surface area contributed by atoms with Gasteiger partial charge in [0.25, 0.3) is 0 Å². The maximum absolute atomic E-state index is 12.6. The Hall–Kier alpha value is -2.50. The van der Waals surface area contributed by atoms with Crippen molar-refractivity contribution in [3.63, 3.8) is 0 Å². The number of anilines is 1. The molecule has 0 aliphatic carbocycles. The van der Waals surface area contributed by atoms with Crippen LogP contribution in [0.1, 0.15) is 20.3 Å². The first-order valence-corrected chi connectivity index (χ1v) is 8.76. The minimum atomic E-state index is -0.182. The minimum absolute atomic E-state index is 0.0896. The molecule has 0 spiro atoms. The van der Waals surface area contributed by atoms with Crippen molar-refractivity contribution in [3.8, 4) is 0 Å². The molecular formula is C19H25N3O3. The highest BCUT2D eigenvalue weighted by Gasteiger charge is 2.33. The summed E-state index contributed by atoms with van der Waals surface area (Å²) in [6.07, 6.45) is 2.69. The highest BCUT2D eigenvalue weighted by molar-refractivity contribution is 5.93. The molecule has 2 amide bonds. The van der Waals surface area contributed by atoms with Crippen molar-refractivity contribution in [2.75, 3.05) is 25.5 Å². The molecule has 1 aliphatic heterocycles. The number of hydrogen-bond acceptors (Lipinski definition) is 3. The average molecular weight is 343 g/mol. The van der Waals surface area contributed by atoms with Gasteiger partial charge in [0.05, 0.1) is 18.5 Å². The summed E-state index contributed by atoms with van der Waals surface area (Å²) in [6.45, 7) is 6.08. The van der Waals surface area contributed by atoms with E-state index in [1.54, 1.807) is 4.90 Å². The molecule has 1 aromatic heterocycles. The Bertz CT molecular complexity index is 783. The number of rotatable bonds is 3. The maximum Gasteiger partial charge on any atom is 0.321 e. The van der Waals surface area contributed by atoms with Gasteiger partial charge in [0.15, 0.2) is 0 Å². The van der Waals surface area contributed by atoms with Crippen LogP contribution in [0.25, 0.3) is 10.9 Å². The predicted molar refractivity (Wildman–Crippen MR) is 97.5 cm³/mol. The summed E-state index contributed by atoms with van der Waals surface area (Å²) < 4.78 is 6.99. The van der Waals surface area contributed by atoms with Gasteiger partial charge in [-0.3, -0.25) is 4.79 Å². The number of ether oxygens (including phenoxy) is 1. The van der Waals surface area contributed by atoms with E-state index in [0.29, 0.717) is 19.5 Å². The van der Waals surface area contributed by atoms with Crippen LogP contribution < -0.4 is 5.32 Å². The number of esters is 1. The Kier molecular flexibility index (Phi) is 4.97. The van der Waals surface area contributed by atoms with Crippen LogP contribution in [-0.4, -0.2) is 41.7 Å². The molecule has 6 heteroatoms. The van der Waals surface area contributed by atoms with Gasteiger partial charge in [-0.05, 0) is 42.8 Å². The number of aryl methyl sites for hydroxylation is 1. The van der Waals surface area contributed by atoms with E-state index in [-0.39, 0.29) is 23.8 Å². The molecular weight excluding hydrogens is 318 g/mol. The number of nitrogens with one attached hydrogen (secondary N) is 1. The molecule has 0 saturated carbocycles. The summed E-state index contributed by atoms with van der Waals surface area (Å²) in [7, 11) is 1.41. The number of likely N-dealkylation sites (tertiary alicyclic amines) is 1. The molecule has 1 fully saturated rings. The second-order valence-corrected chi connectivity index (χ2v) is 6.65. The number of nitrogens with zero attached hydrogens (tertiary/aromatic N) is 2. The smallest absolute Gasteiger partial charge is 0.321 e. The van der Waals surface area contributed by atoms with Crippen LogP contribution in [-0.2, 0) is 16.1 Å². The van der Waals surface area contributed by atoms with Crippen molar-refractivity contribution < 1.29 is 14.3 Å². The second-order valence-electron chi connectivity index (χ2n) is 6.65. The summed E-state index contributed by atoms with van der Waals surface area (Å²) in [4.78, 5) is 26.1. The van der Waals surface area contributed by atoms with Gasteiger partial charge >= 0.3 is 12.0 Å². The van der Waals surface area contributed by atoms with Crippen LogP contribution in [0.4, 0.5) is 10.5 Å². The Morgan fingerprint density at radius 1 is 1.32 bits per heavy atom. The maximum atomic E-state index is 12.6. The summed E-state index contributed by atoms with van der Waals surface area (Å²) in [6, 6.07) is 7.89. The quantitative estimate of drug-likeness (QED) is 0.870. The minimum Gasteiger partial charge on any atom is -0.469 e. The molecule has 2 atom stereocenters. The number of fused-ring (bicyclic) bond motifs is 1. The first kappa shape index (κ1) is 17.3. The normalized spacial score (nSPS) is 20.5. The largest absolute Gasteiger partial charge is 0.469 e. The van der Waals surface area contributed by atoms with Gasteiger partial charge in [0.2, 0.25) is 0 Å². The van der Waals surface area contributed by atoms with E-state index >= 15 is 0 Å². The highest BCUT2D eigenvalue weighted by atomic mass is 16.5. The van der Waals surface area contributed by atoms with Gasteiger partial charge < -0.3 is 19.5 Å². The number of amides is 2. The topological polar surface area (TPSA) is 63.6 Å². The highest BCUT2D eigenvalue weighted by Crippen LogP contribution is 2.26. The fraction of sp³-hybridized carbons (Fsp3) is 0.474. The summed E-state index contributed by atoms with van der Waals surface area (Å²) in [5.74, 6) is -0.219. The standard InChI is InChI=1S/C19H25N3O3/c1-4-21-9-7-14-5-6-15(11-17(14)21)20-19(24)22-10-8-16(13(2)12-22)18(23)25-3/h5-7,9,11,13,16H,4,8,10,12H2,1-3H3,(H,20,24)/t13-,16+/m1/s1. The summed E-state index contributed by atoms with van der Waals surface area (Å²) in [5.41, 5.74) is 1.90. The molecule has 1 saturated heterocycles. The fourth-order valence-electron chi connectivity index (χ4n) is 3.57. The SMILES string of the molecule is CCn1ccc2ccc(NC(=O)N3CC[C@H](C(=O)OC)[C@H](C)C3)cc21. The van der Waals surface area contributed by atoms with Gasteiger partial charge in [-0.25, -0.2) is 4.79 Å². The monoisotopic (exact) mass is 343 g/mol. The number of methoxy groups -OCH3 is 1. The number of aromatic nitrogens is 1. The fourth-order valence-corrected chi connectivity index (χ4v) is 3.57. The third-order valence-electron chi connectivity index (χ3n) is 5.06. The van der Waals surface area contributed by atoms with Crippen molar-refractivity contribution in [2.24, 2.45) is 11.8 Å². The zero-order valence-corrected chi connectivity index (χ0v) is 15.0. The lowest BCUT2D eigenvalue weighted by molar-refractivity contribution is -0.148. The van der Waals surface area contributed by atoms with Gasteiger partial charge in [0.1, 0.15) is 0 Å². The van der Waals surface area contributed by atoms with Crippen LogP contribution >= 0.6 is 0 Å². The Morgan fingerprint density at radius 2 is 2.12 bits per heavy atom. The molecule has 2 heterocycles. The summed E-state index contributed by atoms with van der Waals surface area (Å²) in [5, 5.41) is 4.14. The molecule has 134 valence electrons. The second kappa shape index (κ2) is 7.17. The van der Waals surface area contributed by atoms with Crippen LogP contribution in [0.15, 0.2) is 30.5 Å². The van der Waals surface area contributed by atoms with Gasteiger partial charge in [-0.15, -0.1) is 0 Å². The van der Waals surface area contributed by atoms with Crippen LogP contribution in [0.2, 0.25) is 0 Å². The molecule has 1 aliphatic rings. The van der Waals surface area contributed by atoms with Crippen LogP contribution in [0, 0.1) is 11.8 Å². The van der Waals surface area contributed by atoms with Crippen molar-refractivity contribution in [3.05, 3.63) is 30.5 Å². The Morgan fingerprint density at radius 3 is 2.80 bits per heavy atom. The lowest BCUT2D eigenvalue weighted by atomic mass is 9.87. The van der Waals surface area contributed by atoms with Crippen LogP contribution in [0.5, 0.6) is 0 Å². The van der Waals surface area contributed by atoms with E-state index in [4.69, 9.17) is 4.74 Å². The zero-order chi connectivity index (χ0) is 18.0. The van der Waals surface area contributed by atoms with Crippen molar-refractivity contribution >= 4 is 28.6 Å². The number of hydrogen-bond donors (Lipinski definition) is 1. The third-order valence-corrected chi connectivity index (χ3v) is 5.06. The molecule has 1 N–H and O–H groups in total. The lowest BCUT2D eigenvalue weighted by Gasteiger charge is -2.35. The molecule has 0 unspecified atom stereocenters. The van der Waals surface area contributed by atoms with E-state index in [1.165, 1.54) is 7.11 Å². The van der Waals surface area contributed by atoms with Crippen molar-refractivity contribution in [1.82, 2.24) is 9.47 Å². The average Bonchev–Trinajstić information content (AvgIpc) is 3.03. The van der Waals surface area contributed by atoms with Gasteiger partial charge in [-0.2, -0.15) is 0 Å². The zero-order valence-electron chi connectivity index (χ0n) is 15.0. The van der Waals surface area contributed by atoms with E-state index in [0.717, 1.165) is 23.1 Å². The molecule has 3 rings (SSSR count). The molecule has 1 aromatic carbocycles. The van der Waals surface area contributed by atoms with E-state index in [9.17, 15) is 9.59 Å². The lowest BCUT2D eigenvalue weighted by Crippen LogP contribution is -2.46. The molecule has 6 nitrogen and oxygen atoms in total. The van der Waals surface area contributed by atoms with Crippen molar-refractivity contribution in [2.45, 2.75) is 26.8 Å². The van der Waals surface area contributed by atoms with Gasteiger partial charge in [-0.1, -0.05) is 13.0 Å². The molecule has 2 aromatic rings. The van der Waals surface area contributed by atoms with E-state index in [1.807, 2.05) is 25.1 Å². The Balaban J connectivity index is 1.67. The molecule has 0 bridgehead atoms. The number of piperidine rings is 1.